The Balaban J connectivity index is 2.08. The minimum absolute atomic E-state index is 0.346. The lowest BCUT2D eigenvalue weighted by atomic mass is 10.2. The number of halogens is 1. The molecule has 0 unspecified atom stereocenters. The lowest BCUT2D eigenvalue weighted by Crippen LogP contribution is -2.03. The first-order valence-electron chi connectivity index (χ1n) is 5.91. The number of thiophene rings is 1. The Morgan fingerprint density at radius 2 is 2.20 bits per heavy atom. The number of nitrogens with zero attached hydrogens (tertiary/aromatic N) is 4. The van der Waals surface area contributed by atoms with Gasteiger partial charge in [0.25, 0.3) is 0 Å². The minimum atomic E-state index is 0.346. The Morgan fingerprint density at radius 1 is 1.30 bits per heavy atom. The van der Waals surface area contributed by atoms with Crippen molar-refractivity contribution < 1.29 is 0 Å². The van der Waals surface area contributed by atoms with E-state index < -0.39 is 0 Å². The van der Waals surface area contributed by atoms with Gasteiger partial charge in [0.1, 0.15) is 6.07 Å². The van der Waals surface area contributed by atoms with E-state index in [9.17, 15) is 5.26 Å². The Morgan fingerprint density at radius 3 is 2.90 bits per heavy atom. The van der Waals surface area contributed by atoms with Crippen molar-refractivity contribution in [3.05, 3.63) is 63.1 Å². The van der Waals surface area contributed by atoms with Crippen molar-refractivity contribution in [3.63, 3.8) is 0 Å². The zero-order valence-corrected chi connectivity index (χ0v) is 11.9. The van der Waals surface area contributed by atoms with Crippen LogP contribution in [0.2, 0.25) is 5.02 Å². The van der Waals surface area contributed by atoms with Gasteiger partial charge in [-0.3, -0.25) is 0 Å². The van der Waals surface area contributed by atoms with E-state index in [1.165, 1.54) is 0 Å². The van der Waals surface area contributed by atoms with Crippen LogP contribution in [0.15, 0.2) is 41.8 Å². The Kier molecular flexibility index (Phi) is 3.50. The molecule has 6 heteroatoms. The summed E-state index contributed by atoms with van der Waals surface area (Å²) in [5, 5.41) is 19.8. The normalized spacial score (nSPS) is 10.4. The summed E-state index contributed by atoms with van der Waals surface area (Å²) in [5.41, 5.74) is 1.92. The highest BCUT2D eigenvalue weighted by molar-refractivity contribution is 7.09. The second-order valence-electron chi connectivity index (χ2n) is 4.14. The zero-order valence-electron chi connectivity index (χ0n) is 10.3. The molecule has 2 aromatic heterocycles. The maximum atomic E-state index is 9.17. The molecule has 0 aliphatic carbocycles. The van der Waals surface area contributed by atoms with Crippen LogP contribution < -0.4 is 0 Å². The molecule has 1 aromatic carbocycles. The summed E-state index contributed by atoms with van der Waals surface area (Å²) in [4.78, 5) is 1.16. The Hall–Kier alpha value is -2.16. The molecule has 0 bridgehead atoms. The van der Waals surface area contributed by atoms with Crippen LogP contribution in [0.5, 0.6) is 0 Å². The van der Waals surface area contributed by atoms with Crippen LogP contribution in [0.3, 0.4) is 0 Å². The molecule has 4 nitrogen and oxygen atoms in total. The minimum Gasteiger partial charge on any atom is -0.216 e. The third-order valence-corrected chi connectivity index (χ3v) is 3.96. The van der Waals surface area contributed by atoms with Crippen molar-refractivity contribution >= 4 is 22.9 Å². The molecule has 3 rings (SSSR count). The average Bonchev–Trinajstić information content (AvgIpc) is 3.08. The lowest BCUT2D eigenvalue weighted by molar-refractivity contribution is 0.774. The second kappa shape index (κ2) is 5.45. The molecule has 0 N–H and O–H groups in total. The number of aromatic nitrogens is 3. The van der Waals surface area contributed by atoms with Crippen LogP contribution >= 0.6 is 22.9 Å². The van der Waals surface area contributed by atoms with Gasteiger partial charge in [-0.15, -0.1) is 16.4 Å². The van der Waals surface area contributed by atoms with E-state index in [2.05, 4.69) is 16.4 Å². The first kappa shape index (κ1) is 12.9. The van der Waals surface area contributed by atoms with Crippen molar-refractivity contribution in [1.82, 2.24) is 15.0 Å². The van der Waals surface area contributed by atoms with Crippen molar-refractivity contribution in [1.29, 1.82) is 5.26 Å². The van der Waals surface area contributed by atoms with E-state index in [4.69, 9.17) is 11.6 Å². The molecular weight excluding hydrogens is 292 g/mol. The molecule has 0 saturated carbocycles. The molecule has 0 fully saturated rings. The molecule has 0 spiro atoms. The fraction of sp³-hybridized carbons (Fsp3) is 0.0714. The first-order valence-corrected chi connectivity index (χ1v) is 7.16. The molecule has 0 atom stereocenters. The van der Waals surface area contributed by atoms with Gasteiger partial charge in [0, 0.05) is 16.3 Å². The molecule has 3 aromatic rings. The van der Waals surface area contributed by atoms with Crippen LogP contribution in [0, 0.1) is 11.3 Å². The maximum absolute atomic E-state index is 9.17. The van der Waals surface area contributed by atoms with Gasteiger partial charge in [-0.25, -0.2) is 4.68 Å². The van der Waals surface area contributed by atoms with Crippen LogP contribution in [0.25, 0.3) is 5.69 Å². The summed E-state index contributed by atoms with van der Waals surface area (Å²) in [6.07, 6.45) is 0.625. The number of rotatable bonds is 3. The quantitative estimate of drug-likeness (QED) is 0.744. The van der Waals surface area contributed by atoms with E-state index in [1.54, 1.807) is 28.2 Å². The van der Waals surface area contributed by atoms with Crippen LogP contribution in [0.4, 0.5) is 0 Å². The van der Waals surface area contributed by atoms with E-state index >= 15 is 0 Å². The highest BCUT2D eigenvalue weighted by Crippen LogP contribution is 2.21. The summed E-state index contributed by atoms with van der Waals surface area (Å²) in [5.74, 6) is 0. The van der Waals surface area contributed by atoms with E-state index in [1.807, 2.05) is 29.6 Å². The second-order valence-corrected chi connectivity index (χ2v) is 5.61. The maximum Gasteiger partial charge on any atom is 0.186 e. The highest BCUT2D eigenvalue weighted by Gasteiger charge is 2.15. The summed E-state index contributed by atoms with van der Waals surface area (Å²) in [6, 6.07) is 13.4. The highest BCUT2D eigenvalue weighted by atomic mass is 35.5. The topological polar surface area (TPSA) is 54.5 Å². The van der Waals surface area contributed by atoms with Gasteiger partial charge in [0.2, 0.25) is 0 Å². The van der Waals surface area contributed by atoms with Crippen molar-refractivity contribution in [3.8, 4) is 11.8 Å². The van der Waals surface area contributed by atoms with Gasteiger partial charge < -0.3 is 0 Å². The first-order chi connectivity index (χ1) is 9.78. The van der Waals surface area contributed by atoms with Crippen LogP contribution in [-0.4, -0.2) is 15.0 Å². The van der Waals surface area contributed by atoms with E-state index in [0.29, 0.717) is 17.1 Å². The molecular formula is C14H9ClN4S. The summed E-state index contributed by atoms with van der Waals surface area (Å²) >= 11 is 7.65. The smallest absolute Gasteiger partial charge is 0.186 e. The summed E-state index contributed by atoms with van der Waals surface area (Å²) < 4.78 is 1.67. The number of hydrogen-bond donors (Lipinski definition) is 0. The number of hydrogen-bond acceptors (Lipinski definition) is 4. The largest absolute Gasteiger partial charge is 0.216 e. The summed E-state index contributed by atoms with van der Waals surface area (Å²) in [7, 11) is 0. The fourth-order valence-electron chi connectivity index (χ4n) is 1.94. The fourth-order valence-corrected chi connectivity index (χ4v) is 2.83. The van der Waals surface area contributed by atoms with Gasteiger partial charge in [0.15, 0.2) is 5.69 Å². The van der Waals surface area contributed by atoms with Gasteiger partial charge in [-0.05, 0) is 29.6 Å². The zero-order chi connectivity index (χ0) is 13.9. The molecule has 0 amide bonds. The molecule has 0 saturated heterocycles. The van der Waals surface area contributed by atoms with Crippen molar-refractivity contribution in [2.24, 2.45) is 0 Å². The number of benzene rings is 1. The average molecular weight is 301 g/mol. The molecule has 0 aliphatic rings. The van der Waals surface area contributed by atoms with Gasteiger partial charge in [-0.2, -0.15) is 5.26 Å². The van der Waals surface area contributed by atoms with Gasteiger partial charge >= 0.3 is 0 Å². The van der Waals surface area contributed by atoms with Gasteiger partial charge in [-0.1, -0.05) is 28.9 Å². The summed E-state index contributed by atoms with van der Waals surface area (Å²) in [6.45, 7) is 0. The molecule has 0 radical (unpaired) electrons. The Bertz CT molecular complexity index is 771. The van der Waals surface area contributed by atoms with E-state index in [-0.39, 0.29) is 0 Å². The SMILES string of the molecule is N#Cc1nnn(-c2cccc(Cl)c2)c1Cc1cccs1. The van der Waals surface area contributed by atoms with E-state index in [0.717, 1.165) is 16.3 Å². The molecule has 20 heavy (non-hydrogen) atoms. The standard InChI is InChI=1S/C14H9ClN4S/c15-10-3-1-4-11(7-10)19-14(13(9-16)17-18-19)8-12-5-2-6-20-12/h1-7H,8H2. The predicted octanol–water partition coefficient (Wildman–Crippen LogP) is 3.44. The molecule has 2 heterocycles. The third-order valence-electron chi connectivity index (χ3n) is 2.84. The lowest BCUT2D eigenvalue weighted by Gasteiger charge is -2.06. The van der Waals surface area contributed by atoms with Crippen LogP contribution in [-0.2, 0) is 6.42 Å². The monoisotopic (exact) mass is 300 g/mol. The Labute approximate surface area is 124 Å². The number of nitriles is 1. The van der Waals surface area contributed by atoms with Gasteiger partial charge in [0.05, 0.1) is 11.4 Å². The van der Waals surface area contributed by atoms with Crippen molar-refractivity contribution in [2.45, 2.75) is 6.42 Å². The molecule has 0 aliphatic heterocycles. The van der Waals surface area contributed by atoms with Crippen molar-refractivity contribution in [2.75, 3.05) is 0 Å². The third kappa shape index (κ3) is 2.44. The predicted molar refractivity (Wildman–Crippen MR) is 78.2 cm³/mol. The molecule has 98 valence electrons. The van der Waals surface area contributed by atoms with Crippen LogP contribution in [0.1, 0.15) is 16.3 Å².